The van der Waals surface area contributed by atoms with Crippen LogP contribution in [0.25, 0.3) is 43.8 Å². The molecule has 1 N–H and O–H groups in total. The number of fused-ring (bicyclic) bond motifs is 5. The second-order valence-corrected chi connectivity index (χ2v) is 9.29. The molecular formula is C34H22FNO2. The summed E-state index contributed by atoms with van der Waals surface area (Å²) in [4.78, 5) is 1.92. The molecule has 0 saturated carbocycles. The molecule has 0 bridgehead atoms. The fourth-order valence-corrected chi connectivity index (χ4v) is 5.25. The van der Waals surface area contributed by atoms with Crippen molar-refractivity contribution >= 4 is 49.8 Å². The molecule has 0 spiro atoms. The molecular weight excluding hydrogens is 473 g/mol. The van der Waals surface area contributed by atoms with Crippen molar-refractivity contribution < 1.29 is 13.9 Å². The third kappa shape index (κ3) is 3.58. The van der Waals surface area contributed by atoms with Crippen molar-refractivity contribution in [2.24, 2.45) is 0 Å². The van der Waals surface area contributed by atoms with E-state index in [4.69, 9.17) is 4.42 Å². The Hall–Kier alpha value is -5.09. The third-order valence-electron chi connectivity index (χ3n) is 7.03. The summed E-state index contributed by atoms with van der Waals surface area (Å²) < 4.78 is 20.2. The van der Waals surface area contributed by atoms with Crippen LogP contribution in [0.4, 0.5) is 21.5 Å². The number of furan rings is 1. The quantitative estimate of drug-likeness (QED) is 0.264. The molecule has 0 unspecified atom stereocenters. The number of phenols is 1. The summed E-state index contributed by atoms with van der Waals surface area (Å²) in [6.07, 6.45) is 0. The second kappa shape index (κ2) is 8.79. The lowest BCUT2D eigenvalue weighted by molar-refractivity contribution is 0.478. The number of para-hydroxylation sites is 1. The number of halogens is 1. The Labute approximate surface area is 218 Å². The Morgan fingerprint density at radius 3 is 2.21 bits per heavy atom. The molecule has 1 heterocycles. The van der Waals surface area contributed by atoms with Crippen LogP contribution < -0.4 is 4.90 Å². The van der Waals surface area contributed by atoms with E-state index in [1.807, 2.05) is 83.8 Å². The number of rotatable bonds is 4. The van der Waals surface area contributed by atoms with Crippen LogP contribution in [0.3, 0.4) is 0 Å². The van der Waals surface area contributed by atoms with Crippen LogP contribution in [0.15, 0.2) is 132 Å². The molecule has 0 saturated heterocycles. The van der Waals surface area contributed by atoms with Gasteiger partial charge in [-0.3, -0.25) is 0 Å². The number of phenolic OH excluding ortho intramolecular Hbond substituents is 1. The van der Waals surface area contributed by atoms with Gasteiger partial charge in [0.25, 0.3) is 0 Å². The van der Waals surface area contributed by atoms with Gasteiger partial charge in [-0.2, -0.15) is 0 Å². The molecule has 3 nitrogen and oxygen atoms in total. The zero-order valence-corrected chi connectivity index (χ0v) is 20.3. The molecule has 7 aromatic rings. The lowest BCUT2D eigenvalue weighted by Crippen LogP contribution is -2.10. The average Bonchev–Trinajstić information content (AvgIpc) is 3.34. The lowest BCUT2D eigenvalue weighted by atomic mass is 10.0. The van der Waals surface area contributed by atoms with Gasteiger partial charge in [-0.05, 0) is 64.9 Å². The number of nitrogens with zero attached hydrogens (tertiary/aromatic N) is 1. The fraction of sp³-hybridized carbons (Fsp3) is 0. The molecule has 0 fully saturated rings. The lowest BCUT2D eigenvalue weighted by Gasteiger charge is -2.27. The maximum Gasteiger partial charge on any atom is 0.147 e. The summed E-state index contributed by atoms with van der Waals surface area (Å²) in [7, 11) is 0. The van der Waals surface area contributed by atoms with E-state index in [0.29, 0.717) is 16.9 Å². The van der Waals surface area contributed by atoms with Crippen molar-refractivity contribution in [2.75, 3.05) is 4.90 Å². The summed E-state index contributed by atoms with van der Waals surface area (Å²) in [5.74, 6) is -0.186. The molecule has 182 valence electrons. The number of hydrogen-bond acceptors (Lipinski definition) is 3. The number of anilines is 3. The van der Waals surface area contributed by atoms with Crippen molar-refractivity contribution in [3.8, 4) is 16.9 Å². The second-order valence-electron chi connectivity index (χ2n) is 9.29. The van der Waals surface area contributed by atoms with Crippen molar-refractivity contribution in [3.63, 3.8) is 0 Å². The smallest absolute Gasteiger partial charge is 0.147 e. The zero-order chi connectivity index (χ0) is 25.6. The first kappa shape index (κ1) is 22.1. The highest BCUT2D eigenvalue weighted by Crippen LogP contribution is 2.45. The van der Waals surface area contributed by atoms with E-state index in [-0.39, 0.29) is 11.6 Å². The molecule has 0 aliphatic heterocycles. The molecule has 6 aromatic carbocycles. The molecule has 0 radical (unpaired) electrons. The number of benzene rings is 6. The van der Waals surface area contributed by atoms with Gasteiger partial charge < -0.3 is 14.4 Å². The highest BCUT2D eigenvalue weighted by atomic mass is 19.1. The van der Waals surface area contributed by atoms with Crippen LogP contribution in [-0.2, 0) is 0 Å². The first-order chi connectivity index (χ1) is 18.7. The van der Waals surface area contributed by atoms with E-state index in [1.165, 1.54) is 12.1 Å². The Morgan fingerprint density at radius 2 is 1.37 bits per heavy atom. The minimum atomic E-state index is -0.324. The van der Waals surface area contributed by atoms with Gasteiger partial charge in [0.05, 0.1) is 11.4 Å². The van der Waals surface area contributed by atoms with Crippen molar-refractivity contribution in [1.29, 1.82) is 0 Å². The minimum absolute atomic E-state index is 0.138. The van der Waals surface area contributed by atoms with Gasteiger partial charge in [0.15, 0.2) is 0 Å². The minimum Gasteiger partial charge on any atom is -0.505 e. The summed E-state index contributed by atoms with van der Waals surface area (Å²) in [5.41, 5.74) is 5.26. The van der Waals surface area contributed by atoms with E-state index in [2.05, 4.69) is 24.3 Å². The first-order valence-electron chi connectivity index (χ1n) is 12.4. The largest absolute Gasteiger partial charge is 0.505 e. The van der Waals surface area contributed by atoms with E-state index < -0.39 is 0 Å². The van der Waals surface area contributed by atoms with Crippen LogP contribution in [0.5, 0.6) is 5.75 Å². The normalized spacial score (nSPS) is 11.4. The zero-order valence-electron chi connectivity index (χ0n) is 20.3. The molecule has 0 aliphatic rings. The maximum atomic E-state index is 13.9. The number of aromatic hydroxyl groups is 1. The predicted octanol–water partition coefficient (Wildman–Crippen LogP) is 9.72. The van der Waals surface area contributed by atoms with Gasteiger partial charge in [-0.15, -0.1) is 0 Å². The van der Waals surface area contributed by atoms with Gasteiger partial charge in [0.1, 0.15) is 22.7 Å². The van der Waals surface area contributed by atoms with E-state index in [1.54, 1.807) is 12.1 Å². The average molecular weight is 496 g/mol. The van der Waals surface area contributed by atoms with Gasteiger partial charge >= 0.3 is 0 Å². The Bertz CT molecular complexity index is 1940. The topological polar surface area (TPSA) is 36.6 Å². The standard InChI is InChI=1S/C34H22FNO2/c35-24-14-16-25(17-15-24)36(30-12-6-11-28(34(30)37)22-7-2-1-3-8-22)26-18-19-29-32(21-26)38-31-20-13-23-9-4-5-10-27(23)33(29)31/h1-21,37H. The maximum absolute atomic E-state index is 13.9. The molecule has 0 atom stereocenters. The van der Waals surface area contributed by atoms with Gasteiger partial charge in [-0.25, -0.2) is 4.39 Å². The molecule has 0 aliphatic carbocycles. The van der Waals surface area contributed by atoms with Gasteiger partial charge in [0, 0.05) is 28.1 Å². The third-order valence-corrected chi connectivity index (χ3v) is 7.03. The first-order valence-corrected chi connectivity index (χ1v) is 12.4. The molecule has 4 heteroatoms. The van der Waals surface area contributed by atoms with E-state index in [9.17, 15) is 9.50 Å². The summed E-state index contributed by atoms with van der Waals surface area (Å²) in [6, 6.07) is 40.1. The molecule has 7 rings (SSSR count). The Balaban J connectivity index is 1.45. The number of hydrogen-bond donors (Lipinski definition) is 1. The van der Waals surface area contributed by atoms with Crippen LogP contribution >= 0.6 is 0 Å². The Kier molecular flexibility index (Phi) is 5.12. The van der Waals surface area contributed by atoms with Gasteiger partial charge in [0.2, 0.25) is 0 Å². The van der Waals surface area contributed by atoms with Crippen LogP contribution in [0.1, 0.15) is 0 Å². The van der Waals surface area contributed by atoms with Crippen molar-refractivity contribution in [1.82, 2.24) is 0 Å². The highest BCUT2D eigenvalue weighted by molar-refractivity contribution is 6.19. The van der Waals surface area contributed by atoms with Gasteiger partial charge in [-0.1, -0.05) is 72.8 Å². The summed E-state index contributed by atoms with van der Waals surface area (Å²) in [5, 5.41) is 15.9. The highest BCUT2D eigenvalue weighted by Gasteiger charge is 2.20. The van der Waals surface area contributed by atoms with Crippen LogP contribution in [0.2, 0.25) is 0 Å². The van der Waals surface area contributed by atoms with E-state index in [0.717, 1.165) is 44.0 Å². The monoisotopic (exact) mass is 495 g/mol. The predicted molar refractivity (Wildman–Crippen MR) is 153 cm³/mol. The van der Waals surface area contributed by atoms with Crippen molar-refractivity contribution in [2.45, 2.75) is 0 Å². The SMILES string of the molecule is Oc1c(-c2ccccc2)cccc1N(c1ccc(F)cc1)c1ccc2c(c1)oc1ccc3ccccc3c12. The molecule has 38 heavy (non-hydrogen) atoms. The summed E-state index contributed by atoms with van der Waals surface area (Å²) in [6.45, 7) is 0. The molecule has 1 aromatic heterocycles. The van der Waals surface area contributed by atoms with Crippen LogP contribution in [-0.4, -0.2) is 5.11 Å². The summed E-state index contributed by atoms with van der Waals surface area (Å²) >= 11 is 0. The van der Waals surface area contributed by atoms with Crippen molar-refractivity contribution in [3.05, 3.63) is 133 Å². The van der Waals surface area contributed by atoms with Crippen LogP contribution in [0, 0.1) is 5.82 Å². The van der Waals surface area contributed by atoms with E-state index >= 15 is 0 Å². The Morgan fingerprint density at radius 1 is 0.605 bits per heavy atom. The molecule has 0 amide bonds. The fourth-order valence-electron chi connectivity index (χ4n) is 5.25.